The molecule has 0 unspecified atom stereocenters. The Morgan fingerprint density at radius 3 is 2.06 bits per heavy atom. The Hall–Kier alpha value is -1.57. The molecule has 1 saturated carbocycles. The highest BCUT2D eigenvalue weighted by Crippen LogP contribution is 2.25. The number of nitrogens with zero attached hydrogens (tertiary/aromatic N) is 2. The lowest BCUT2D eigenvalue weighted by Gasteiger charge is -2.18. The average Bonchev–Trinajstić information content (AvgIpc) is 3.32. The second-order valence-corrected chi connectivity index (χ2v) is 8.13. The fraction of sp³-hybridized carbons (Fsp3) is 0.692. The first-order chi connectivity index (χ1) is 15.0. The normalized spacial score (nSPS) is 15.3. The third-order valence-corrected chi connectivity index (χ3v) is 5.78. The Labute approximate surface area is 196 Å². The number of benzene rings is 1. The van der Waals surface area contributed by atoms with Gasteiger partial charge in [0.1, 0.15) is 0 Å². The average molecular weight is 453 g/mol. The van der Waals surface area contributed by atoms with Gasteiger partial charge in [0, 0.05) is 18.0 Å². The molecule has 2 aliphatic rings. The molecule has 0 bridgehead atoms. The van der Waals surface area contributed by atoms with Crippen molar-refractivity contribution in [1.82, 2.24) is 4.90 Å². The van der Waals surface area contributed by atoms with Gasteiger partial charge in [0.05, 0.1) is 6.07 Å². The second kappa shape index (κ2) is 23.1. The Kier molecular flexibility index (Phi) is 23.6. The van der Waals surface area contributed by atoms with Crippen molar-refractivity contribution in [2.75, 3.05) is 19.6 Å². The lowest BCUT2D eigenvalue weighted by Crippen LogP contribution is -2.19. The topological polar surface area (TPSA) is 64.3 Å². The van der Waals surface area contributed by atoms with Crippen LogP contribution in [0.5, 0.6) is 0 Å². The number of hydrogen-bond donors (Lipinski definition) is 1. The summed E-state index contributed by atoms with van der Waals surface area (Å²) in [5.74, 6) is 1.09. The third kappa shape index (κ3) is 18.9. The summed E-state index contributed by atoms with van der Waals surface area (Å²) in [6, 6.07) is 8.20. The van der Waals surface area contributed by atoms with Crippen LogP contribution in [0, 0.1) is 31.1 Å². The van der Waals surface area contributed by atoms with E-state index in [1.165, 1.54) is 70.0 Å². The summed E-state index contributed by atoms with van der Waals surface area (Å²) < 4.78 is 0. The van der Waals surface area contributed by atoms with E-state index in [-0.39, 0.29) is 6.47 Å². The number of aryl methyl sites for hydroxylation is 2. The van der Waals surface area contributed by atoms with Crippen molar-refractivity contribution >= 4 is 18.1 Å². The highest BCUT2D eigenvalue weighted by Gasteiger charge is 2.10. The van der Waals surface area contributed by atoms with Crippen LogP contribution in [0.2, 0.25) is 5.02 Å². The molecule has 1 heterocycles. The van der Waals surface area contributed by atoms with Crippen molar-refractivity contribution in [2.45, 2.75) is 92.4 Å². The van der Waals surface area contributed by atoms with Crippen LogP contribution in [0.1, 0.15) is 89.7 Å². The first-order valence-electron chi connectivity index (χ1n) is 11.9. The van der Waals surface area contributed by atoms with E-state index in [9.17, 15) is 0 Å². The molecule has 1 aliphatic carbocycles. The summed E-state index contributed by atoms with van der Waals surface area (Å²) in [5.41, 5.74) is 2.35. The fourth-order valence-corrected chi connectivity index (χ4v) is 3.74. The lowest BCUT2D eigenvalue weighted by atomic mass is 9.88. The third-order valence-electron chi connectivity index (χ3n) is 5.37. The van der Waals surface area contributed by atoms with Gasteiger partial charge in [-0.25, -0.2) is 0 Å². The van der Waals surface area contributed by atoms with Crippen LogP contribution < -0.4 is 0 Å². The van der Waals surface area contributed by atoms with Gasteiger partial charge >= 0.3 is 0 Å². The predicted octanol–water partition coefficient (Wildman–Crippen LogP) is 7.66. The number of hydrogen-bond acceptors (Lipinski definition) is 3. The molecule has 0 radical (unpaired) electrons. The molecule has 5 heteroatoms. The molecular formula is C26H45ClN2O2. The summed E-state index contributed by atoms with van der Waals surface area (Å²) in [4.78, 5) is 10.7. The van der Waals surface area contributed by atoms with E-state index in [0.29, 0.717) is 6.42 Å². The van der Waals surface area contributed by atoms with Crippen LogP contribution in [0.3, 0.4) is 0 Å². The quantitative estimate of drug-likeness (QED) is 0.478. The van der Waals surface area contributed by atoms with Crippen molar-refractivity contribution in [3.63, 3.8) is 0 Å². The van der Waals surface area contributed by atoms with Crippen molar-refractivity contribution < 1.29 is 9.90 Å². The maximum Gasteiger partial charge on any atom is 0.290 e. The smallest absolute Gasteiger partial charge is 0.290 e. The molecule has 31 heavy (non-hydrogen) atoms. The SMILES string of the molecule is CC.CCC1CCCCC1.Cc1ccc(C)c(Cl)c1.N#CCCN1CCCC1.O=CO. The van der Waals surface area contributed by atoms with Crippen LogP contribution in [-0.4, -0.2) is 36.1 Å². The van der Waals surface area contributed by atoms with Gasteiger partial charge in [-0.15, -0.1) is 0 Å². The van der Waals surface area contributed by atoms with E-state index < -0.39 is 0 Å². The van der Waals surface area contributed by atoms with Gasteiger partial charge in [-0.05, 0) is 62.9 Å². The summed E-state index contributed by atoms with van der Waals surface area (Å²) in [6.07, 6.45) is 12.3. The van der Waals surface area contributed by atoms with E-state index in [0.717, 1.165) is 23.0 Å². The Morgan fingerprint density at radius 1 is 1.13 bits per heavy atom. The standard InChI is InChI=1S/C8H9Cl.C8H16.C7H12N2.C2H6.CH2O2/c1-6-3-4-7(2)8(9)5-6;1-2-8-6-4-3-5-7-8;8-4-3-7-9-5-1-2-6-9;1-2;2-1-3/h3-5H,1-2H3;8H,2-7H2,1H3;1-3,5-7H2;1-2H3;1H,(H,2,3). The monoisotopic (exact) mass is 452 g/mol. The number of carboxylic acid groups (broad SMARTS) is 1. The minimum atomic E-state index is -0.250. The molecule has 1 saturated heterocycles. The van der Waals surface area contributed by atoms with Crippen molar-refractivity contribution in [3.05, 3.63) is 34.3 Å². The minimum Gasteiger partial charge on any atom is -0.483 e. The Balaban J connectivity index is 0. The van der Waals surface area contributed by atoms with E-state index in [1.54, 1.807) is 0 Å². The van der Waals surface area contributed by atoms with Crippen molar-refractivity contribution in [2.24, 2.45) is 5.92 Å². The van der Waals surface area contributed by atoms with E-state index in [2.05, 4.69) is 24.0 Å². The molecule has 0 amide bonds. The largest absolute Gasteiger partial charge is 0.483 e. The fourth-order valence-electron chi connectivity index (χ4n) is 3.51. The lowest BCUT2D eigenvalue weighted by molar-refractivity contribution is -0.122. The number of nitriles is 1. The van der Waals surface area contributed by atoms with Gasteiger partial charge < -0.3 is 10.0 Å². The zero-order valence-corrected chi connectivity index (χ0v) is 21.3. The number of rotatable bonds is 3. The molecule has 4 nitrogen and oxygen atoms in total. The molecule has 1 aromatic rings. The van der Waals surface area contributed by atoms with Gasteiger partial charge in [-0.1, -0.05) is 83.0 Å². The van der Waals surface area contributed by atoms with Crippen molar-refractivity contribution in [3.8, 4) is 6.07 Å². The van der Waals surface area contributed by atoms with Crippen LogP contribution in [0.15, 0.2) is 18.2 Å². The summed E-state index contributed by atoms with van der Waals surface area (Å²) in [7, 11) is 0. The Morgan fingerprint density at radius 2 is 1.68 bits per heavy atom. The first-order valence-corrected chi connectivity index (χ1v) is 12.3. The van der Waals surface area contributed by atoms with Gasteiger partial charge in [-0.3, -0.25) is 4.79 Å². The van der Waals surface area contributed by atoms with E-state index in [4.69, 9.17) is 26.8 Å². The van der Waals surface area contributed by atoms with Crippen LogP contribution in [0.4, 0.5) is 0 Å². The molecular weight excluding hydrogens is 408 g/mol. The van der Waals surface area contributed by atoms with Crippen LogP contribution in [-0.2, 0) is 4.79 Å². The van der Waals surface area contributed by atoms with Gasteiger partial charge in [0.15, 0.2) is 0 Å². The van der Waals surface area contributed by atoms with E-state index >= 15 is 0 Å². The highest BCUT2D eigenvalue weighted by molar-refractivity contribution is 6.31. The van der Waals surface area contributed by atoms with Crippen molar-refractivity contribution in [1.29, 1.82) is 5.26 Å². The zero-order valence-electron chi connectivity index (χ0n) is 20.5. The van der Waals surface area contributed by atoms with Gasteiger partial charge in [-0.2, -0.15) is 5.26 Å². The summed E-state index contributed by atoms with van der Waals surface area (Å²) in [5, 5.41) is 16.0. The van der Waals surface area contributed by atoms with E-state index in [1.807, 2.05) is 39.8 Å². The molecule has 178 valence electrons. The van der Waals surface area contributed by atoms with Gasteiger partial charge in [0.2, 0.25) is 0 Å². The summed E-state index contributed by atoms with van der Waals surface area (Å²) in [6.45, 7) is 13.5. The van der Waals surface area contributed by atoms with Gasteiger partial charge in [0.25, 0.3) is 6.47 Å². The molecule has 0 atom stereocenters. The van der Waals surface area contributed by atoms with Crippen LogP contribution >= 0.6 is 11.6 Å². The Bertz CT molecular complexity index is 575. The molecule has 1 aliphatic heterocycles. The maximum absolute atomic E-state index is 8.36. The molecule has 0 aromatic heterocycles. The molecule has 1 aromatic carbocycles. The predicted molar refractivity (Wildman–Crippen MR) is 134 cm³/mol. The van der Waals surface area contributed by atoms with Crippen LogP contribution in [0.25, 0.3) is 0 Å². The summed E-state index contributed by atoms with van der Waals surface area (Å²) >= 11 is 5.81. The zero-order chi connectivity index (χ0) is 23.9. The molecule has 3 rings (SSSR count). The second-order valence-electron chi connectivity index (χ2n) is 7.73. The molecule has 1 N–H and O–H groups in total. The first kappa shape index (κ1) is 31.6. The highest BCUT2D eigenvalue weighted by atomic mass is 35.5. The number of carbonyl (C=O) groups is 1. The number of likely N-dealkylation sites (tertiary alicyclic amines) is 1. The molecule has 0 spiro atoms. The maximum atomic E-state index is 8.36. The number of halogens is 1. The molecule has 2 fully saturated rings. The minimum absolute atomic E-state index is 0.250.